The molecule has 0 spiro atoms. The summed E-state index contributed by atoms with van der Waals surface area (Å²) in [6.07, 6.45) is 0. The maximum Gasteiger partial charge on any atom is 0.232 e. The third-order valence-electron chi connectivity index (χ3n) is 3.64. The lowest BCUT2D eigenvalue weighted by molar-refractivity contribution is 0.0829. The molecule has 0 saturated carbocycles. The summed E-state index contributed by atoms with van der Waals surface area (Å²) in [7, 11) is 2.70. The van der Waals surface area contributed by atoms with Crippen LogP contribution in [0.25, 0.3) is 11.1 Å². The van der Waals surface area contributed by atoms with Crippen LogP contribution in [0.15, 0.2) is 60.0 Å². The molecule has 1 aliphatic rings. The fourth-order valence-corrected chi connectivity index (χ4v) is 2.56. The van der Waals surface area contributed by atoms with Gasteiger partial charge in [0.1, 0.15) is 0 Å². The second-order valence-corrected chi connectivity index (χ2v) is 4.85. The minimum atomic E-state index is -0.341. The minimum absolute atomic E-state index is 0.0486. The van der Waals surface area contributed by atoms with E-state index in [1.54, 1.807) is 12.1 Å². The number of benzene rings is 2. The molecule has 4 heteroatoms. The molecular formula is C18H14O4. The monoisotopic (exact) mass is 294 g/mol. The van der Waals surface area contributed by atoms with Crippen molar-refractivity contribution in [3.05, 3.63) is 71.2 Å². The van der Waals surface area contributed by atoms with E-state index in [1.165, 1.54) is 14.2 Å². The van der Waals surface area contributed by atoms with Crippen molar-refractivity contribution in [2.75, 3.05) is 14.2 Å². The number of Topliss-reactive ketones (excluding diaryl/α,β-unsaturated/α-hetero) is 2. The van der Waals surface area contributed by atoms with Gasteiger partial charge in [0.2, 0.25) is 23.1 Å². The van der Waals surface area contributed by atoms with Crippen LogP contribution in [0.5, 0.6) is 0 Å². The van der Waals surface area contributed by atoms with E-state index in [0.29, 0.717) is 11.1 Å². The number of methoxy groups -OCH3 is 2. The fourth-order valence-electron chi connectivity index (χ4n) is 2.56. The van der Waals surface area contributed by atoms with Crippen LogP contribution < -0.4 is 0 Å². The van der Waals surface area contributed by atoms with E-state index in [0.717, 1.165) is 11.1 Å². The number of ether oxygens (including phenoxy) is 2. The maximum atomic E-state index is 12.5. The van der Waals surface area contributed by atoms with Gasteiger partial charge < -0.3 is 9.47 Å². The highest BCUT2D eigenvalue weighted by Crippen LogP contribution is 2.30. The standard InChI is InChI=1S/C18H14O4/c1-21-17-15(19)13-9-8-12(11-6-4-3-5-7-11)10-14(13)16(20)18(17)22-2/h3-10H,1-2H3. The smallest absolute Gasteiger partial charge is 0.232 e. The van der Waals surface area contributed by atoms with Crippen LogP contribution in [0.1, 0.15) is 20.7 Å². The quantitative estimate of drug-likeness (QED) is 0.872. The van der Waals surface area contributed by atoms with Gasteiger partial charge in [0.15, 0.2) is 0 Å². The van der Waals surface area contributed by atoms with Gasteiger partial charge in [-0.1, -0.05) is 36.4 Å². The molecule has 0 unspecified atom stereocenters. The third kappa shape index (κ3) is 2.09. The van der Waals surface area contributed by atoms with Crippen molar-refractivity contribution in [1.82, 2.24) is 0 Å². The summed E-state index contributed by atoms with van der Waals surface area (Å²) in [4.78, 5) is 24.9. The Morgan fingerprint density at radius 3 is 1.86 bits per heavy atom. The highest BCUT2D eigenvalue weighted by Gasteiger charge is 2.34. The number of hydrogen-bond acceptors (Lipinski definition) is 4. The first-order valence-corrected chi connectivity index (χ1v) is 6.78. The van der Waals surface area contributed by atoms with Crippen LogP contribution in [0.2, 0.25) is 0 Å². The predicted molar refractivity (Wildman–Crippen MR) is 81.6 cm³/mol. The van der Waals surface area contributed by atoms with Gasteiger partial charge in [0, 0.05) is 11.1 Å². The Labute approximate surface area is 128 Å². The van der Waals surface area contributed by atoms with Gasteiger partial charge >= 0.3 is 0 Å². The van der Waals surface area contributed by atoms with Crippen molar-refractivity contribution in [1.29, 1.82) is 0 Å². The molecule has 0 bridgehead atoms. The number of ketones is 2. The van der Waals surface area contributed by atoms with Crippen LogP contribution in [0, 0.1) is 0 Å². The van der Waals surface area contributed by atoms with Gasteiger partial charge in [0.25, 0.3) is 0 Å². The summed E-state index contributed by atoms with van der Waals surface area (Å²) in [6.45, 7) is 0. The zero-order valence-electron chi connectivity index (χ0n) is 12.3. The molecule has 0 fully saturated rings. The van der Waals surface area contributed by atoms with Crippen LogP contribution in [-0.2, 0) is 9.47 Å². The molecule has 0 saturated heterocycles. The van der Waals surface area contributed by atoms with Gasteiger partial charge in [-0.05, 0) is 23.3 Å². The number of allylic oxidation sites excluding steroid dienone is 2. The van der Waals surface area contributed by atoms with Crippen molar-refractivity contribution < 1.29 is 19.1 Å². The van der Waals surface area contributed by atoms with Crippen molar-refractivity contribution in [3.63, 3.8) is 0 Å². The summed E-state index contributed by atoms with van der Waals surface area (Å²) in [5, 5.41) is 0. The van der Waals surface area contributed by atoms with Gasteiger partial charge in [-0.2, -0.15) is 0 Å². The predicted octanol–water partition coefficient (Wildman–Crippen LogP) is 3.24. The van der Waals surface area contributed by atoms with Gasteiger partial charge in [-0.15, -0.1) is 0 Å². The molecule has 1 aliphatic carbocycles. The molecule has 22 heavy (non-hydrogen) atoms. The van der Waals surface area contributed by atoms with E-state index < -0.39 is 0 Å². The Morgan fingerprint density at radius 1 is 0.682 bits per heavy atom. The highest BCUT2D eigenvalue weighted by atomic mass is 16.5. The van der Waals surface area contributed by atoms with Gasteiger partial charge in [0.05, 0.1) is 14.2 Å². The molecule has 3 rings (SSSR count). The van der Waals surface area contributed by atoms with Gasteiger partial charge in [-0.25, -0.2) is 0 Å². The van der Waals surface area contributed by atoms with E-state index in [4.69, 9.17) is 9.47 Å². The van der Waals surface area contributed by atoms with Crippen molar-refractivity contribution in [2.24, 2.45) is 0 Å². The average Bonchev–Trinajstić information content (AvgIpc) is 2.58. The van der Waals surface area contributed by atoms with Crippen LogP contribution in [0.3, 0.4) is 0 Å². The maximum absolute atomic E-state index is 12.5. The lowest BCUT2D eigenvalue weighted by Crippen LogP contribution is -2.24. The molecule has 2 aromatic rings. The molecule has 0 aliphatic heterocycles. The van der Waals surface area contributed by atoms with Crippen LogP contribution in [-0.4, -0.2) is 25.8 Å². The van der Waals surface area contributed by atoms with E-state index in [2.05, 4.69) is 0 Å². The van der Waals surface area contributed by atoms with Crippen LogP contribution in [0.4, 0.5) is 0 Å². The Hall–Kier alpha value is -2.88. The number of fused-ring (bicyclic) bond motifs is 1. The highest BCUT2D eigenvalue weighted by molar-refractivity contribution is 6.25. The molecule has 110 valence electrons. The molecule has 0 heterocycles. The van der Waals surface area contributed by atoms with E-state index in [9.17, 15) is 9.59 Å². The molecule has 0 amide bonds. The van der Waals surface area contributed by atoms with E-state index in [1.807, 2.05) is 36.4 Å². The SMILES string of the molecule is COC1=C(OC)C(=O)c2cc(-c3ccccc3)ccc2C1=O. The minimum Gasteiger partial charge on any atom is -0.489 e. The molecule has 0 atom stereocenters. The Balaban J connectivity index is 2.16. The summed E-state index contributed by atoms with van der Waals surface area (Å²) in [5.74, 6) is -0.780. The normalized spacial score (nSPS) is 13.9. The summed E-state index contributed by atoms with van der Waals surface area (Å²) in [5.41, 5.74) is 2.52. The lowest BCUT2D eigenvalue weighted by Gasteiger charge is -2.19. The Bertz CT molecular complexity index is 788. The zero-order chi connectivity index (χ0) is 15.7. The zero-order valence-corrected chi connectivity index (χ0v) is 12.3. The topological polar surface area (TPSA) is 52.6 Å². The second kappa shape index (κ2) is 5.48. The number of carbonyl (C=O) groups is 2. The number of carbonyl (C=O) groups excluding carboxylic acids is 2. The summed E-state index contributed by atoms with van der Waals surface area (Å²) >= 11 is 0. The summed E-state index contributed by atoms with van der Waals surface area (Å²) in [6, 6.07) is 14.9. The molecular weight excluding hydrogens is 280 g/mol. The molecule has 0 N–H and O–H groups in total. The van der Waals surface area contributed by atoms with Crippen molar-refractivity contribution in [3.8, 4) is 11.1 Å². The lowest BCUT2D eigenvalue weighted by atomic mass is 9.89. The van der Waals surface area contributed by atoms with E-state index >= 15 is 0 Å². The first-order valence-electron chi connectivity index (χ1n) is 6.78. The average molecular weight is 294 g/mol. The Morgan fingerprint density at radius 2 is 1.27 bits per heavy atom. The Kier molecular flexibility index (Phi) is 3.51. The molecule has 0 aromatic heterocycles. The first kappa shape index (κ1) is 14.1. The largest absolute Gasteiger partial charge is 0.489 e. The number of rotatable bonds is 3. The van der Waals surface area contributed by atoms with E-state index in [-0.39, 0.29) is 23.1 Å². The second-order valence-electron chi connectivity index (χ2n) is 4.85. The van der Waals surface area contributed by atoms with Crippen molar-refractivity contribution in [2.45, 2.75) is 0 Å². The summed E-state index contributed by atoms with van der Waals surface area (Å²) < 4.78 is 10.1. The first-order chi connectivity index (χ1) is 10.7. The molecule has 0 radical (unpaired) electrons. The molecule has 4 nitrogen and oxygen atoms in total. The fraction of sp³-hybridized carbons (Fsp3) is 0.111. The third-order valence-corrected chi connectivity index (χ3v) is 3.64. The molecule has 2 aromatic carbocycles. The van der Waals surface area contributed by atoms with Crippen LogP contribution >= 0.6 is 0 Å². The van der Waals surface area contributed by atoms with Crippen molar-refractivity contribution >= 4 is 11.6 Å². The number of hydrogen-bond donors (Lipinski definition) is 0. The van der Waals surface area contributed by atoms with Gasteiger partial charge in [-0.3, -0.25) is 9.59 Å².